The molecule has 1 aromatic carbocycles. The zero-order valence-corrected chi connectivity index (χ0v) is 14.0. The Morgan fingerprint density at radius 1 is 1.48 bits per heavy atom. The van der Waals surface area contributed by atoms with Crippen molar-refractivity contribution in [1.29, 1.82) is 0 Å². The minimum Gasteiger partial charge on any atom is -0.350 e. The predicted octanol–water partition coefficient (Wildman–Crippen LogP) is 2.05. The summed E-state index contributed by atoms with van der Waals surface area (Å²) in [4.78, 5) is 16.6. The quantitative estimate of drug-likeness (QED) is 0.808. The van der Waals surface area contributed by atoms with Crippen molar-refractivity contribution in [2.75, 3.05) is 14.2 Å². The predicted molar refractivity (Wildman–Crippen MR) is 80.6 cm³/mol. The van der Waals surface area contributed by atoms with Crippen LogP contribution in [0.3, 0.4) is 0 Å². The molecule has 0 bridgehead atoms. The van der Waals surface area contributed by atoms with Crippen LogP contribution in [0.4, 0.5) is 0 Å². The highest BCUT2D eigenvalue weighted by atomic mass is 35.5. The van der Waals surface area contributed by atoms with Gasteiger partial charge in [0.05, 0.1) is 12.1 Å². The monoisotopic (exact) mass is 334 g/mol. The number of nitrogens with one attached hydrogen (secondary N) is 1. The summed E-state index contributed by atoms with van der Waals surface area (Å²) in [7, 11) is -1.44. The number of nitrogens with zero attached hydrogens (tertiary/aromatic N) is 1. The van der Waals surface area contributed by atoms with E-state index in [-0.39, 0.29) is 27.4 Å². The van der Waals surface area contributed by atoms with E-state index in [0.717, 1.165) is 6.42 Å². The Bertz CT molecular complexity index is 619. The van der Waals surface area contributed by atoms with E-state index in [4.69, 9.17) is 16.4 Å². The summed E-state index contributed by atoms with van der Waals surface area (Å²) in [5, 5.41) is 2.79. The first-order valence-corrected chi connectivity index (χ1v) is 8.19. The lowest BCUT2D eigenvalue weighted by Gasteiger charge is -2.16. The van der Waals surface area contributed by atoms with Crippen LogP contribution < -0.4 is 5.32 Å². The largest absolute Gasteiger partial charge is 0.350 e. The highest BCUT2D eigenvalue weighted by Gasteiger charge is 2.25. The molecule has 1 N–H and O–H groups in total. The van der Waals surface area contributed by atoms with Gasteiger partial charge in [0.15, 0.2) is 0 Å². The average molecular weight is 335 g/mol. The van der Waals surface area contributed by atoms with Crippen molar-refractivity contribution in [2.45, 2.75) is 31.2 Å². The zero-order chi connectivity index (χ0) is 16.2. The molecule has 21 heavy (non-hydrogen) atoms. The van der Waals surface area contributed by atoms with Crippen molar-refractivity contribution in [3.05, 3.63) is 28.8 Å². The Kier molecular flexibility index (Phi) is 6.15. The third-order valence-corrected chi connectivity index (χ3v) is 5.22. The lowest BCUT2D eigenvalue weighted by molar-refractivity contribution is -0.0258. The van der Waals surface area contributed by atoms with Crippen LogP contribution in [0.5, 0.6) is 0 Å². The Hall–Kier alpha value is -1.15. The number of benzene rings is 1. The average Bonchev–Trinajstić information content (AvgIpc) is 2.46. The highest BCUT2D eigenvalue weighted by molar-refractivity contribution is 7.89. The van der Waals surface area contributed by atoms with E-state index < -0.39 is 10.0 Å². The Balaban J connectivity index is 3.20. The minimum absolute atomic E-state index is 0.00474. The van der Waals surface area contributed by atoms with Gasteiger partial charge in [-0.15, -0.1) is 0 Å². The molecule has 0 aromatic heterocycles. The zero-order valence-electron chi connectivity index (χ0n) is 12.4. The fourth-order valence-electron chi connectivity index (χ4n) is 1.49. The topological polar surface area (TPSA) is 75.7 Å². The number of rotatable bonds is 6. The van der Waals surface area contributed by atoms with E-state index in [0.29, 0.717) is 4.47 Å². The molecule has 0 heterocycles. The molecule has 1 unspecified atom stereocenters. The molecule has 1 atom stereocenters. The van der Waals surface area contributed by atoms with Gasteiger partial charge in [0.25, 0.3) is 15.9 Å². The van der Waals surface area contributed by atoms with Crippen LogP contribution in [0.1, 0.15) is 30.6 Å². The lowest BCUT2D eigenvalue weighted by Crippen LogP contribution is -2.32. The van der Waals surface area contributed by atoms with Gasteiger partial charge in [-0.1, -0.05) is 23.0 Å². The number of hydroxylamine groups is 1. The van der Waals surface area contributed by atoms with Gasteiger partial charge in [0.1, 0.15) is 4.90 Å². The number of halogens is 1. The van der Waals surface area contributed by atoms with E-state index >= 15 is 0 Å². The first-order chi connectivity index (χ1) is 9.73. The second kappa shape index (κ2) is 7.22. The number of carbonyl (C=O) groups is 1. The summed E-state index contributed by atoms with van der Waals surface area (Å²) in [5.41, 5.74) is 0.225. The Morgan fingerprint density at radius 2 is 2.10 bits per heavy atom. The maximum absolute atomic E-state index is 12.2. The van der Waals surface area contributed by atoms with Crippen molar-refractivity contribution in [1.82, 2.24) is 9.79 Å². The van der Waals surface area contributed by atoms with Gasteiger partial charge < -0.3 is 5.32 Å². The SMILES string of the molecule is CCC(C)NC(=O)c1ccc(Cl)c(S(=O)(=O)N(C)OC)c1. The molecule has 0 radical (unpaired) electrons. The van der Waals surface area contributed by atoms with E-state index in [9.17, 15) is 13.2 Å². The normalized spacial score (nSPS) is 13.2. The van der Waals surface area contributed by atoms with Crippen LogP contribution in [0.25, 0.3) is 0 Å². The number of carbonyl (C=O) groups excluding carboxylic acids is 1. The van der Waals surface area contributed by atoms with Crippen LogP contribution >= 0.6 is 11.6 Å². The second-order valence-electron chi connectivity index (χ2n) is 4.53. The van der Waals surface area contributed by atoms with Crippen LogP contribution in [0, 0.1) is 0 Å². The molecule has 1 amide bonds. The maximum Gasteiger partial charge on any atom is 0.266 e. The number of sulfonamides is 1. The van der Waals surface area contributed by atoms with Crippen LogP contribution in [-0.4, -0.2) is 39.0 Å². The first kappa shape index (κ1) is 17.9. The van der Waals surface area contributed by atoms with E-state index in [1.165, 1.54) is 32.4 Å². The van der Waals surface area contributed by atoms with E-state index in [1.54, 1.807) is 0 Å². The summed E-state index contributed by atoms with van der Waals surface area (Å²) in [6, 6.07) is 4.09. The number of amides is 1. The summed E-state index contributed by atoms with van der Waals surface area (Å²) >= 11 is 5.93. The van der Waals surface area contributed by atoms with Crippen molar-refractivity contribution in [3.63, 3.8) is 0 Å². The highest BCUT2D eigenvalue weighted by Crippen LogP contribution is 2.25. The van der Waals surface area contributed by atoms with Gasteiger partial charge in [0.2, 0.25) is 0 Å². The van der Waals surface area contributed by atoms with Gasteiger partial charge in [-0.05, 0) is 31.5 Å². The molecule has 8 heteroatoms. The summed E-state index contributed by atoms with van der Waals surface area (Å²) in [6.45, 7) is 3.81. The fraction of sp³-hybridized carbons (Fsp3) is 0.462. The molecule has 1 aromatic rings. The number of hydrogen-bond donors (Lipinski definition) is 1. The van der Waals surface area contributed by atoms with Crippen molar-refractivity contribution < 1.29 is 18.0 Å². The Morgan fingerprint density at radius 3 is 2.62 bits per heavy atom. The molecule has 0 fully saturated rings. The number of hydrogen-bond acceptors (Lipinski definition) is 4. The summed E-state index contributed by atoms with van der Waals surface area (Å²) < 4.78 is 25.1. The van der Waals surface area contributed by atoms with Gasteiger partial charge in [0, 0.05) is 18.7 Å². The molecule has 0 aliphatic heterocycles. The molecule has 0 aliphatic carbocycles. The summed E-state index contributed by atoms with van der Waals surface area (Å²) in [6.07, 6.45) is 0.775. The molecule has 1 rings (SSSR count). The maximum atomic E-state index is 12.2. The molecule has 0 aliphatic rings. The lowest BCUT2D eigenvalue weighted by atomic mass is 10.2. The van der Waals surface area contributed by atoms with Gasteiger partial charge in [-0.3, -0.25) is 9.63 Å². The minimum atomic E-state index is -3.91. The van der Waals surface area contributed by atoms with Gasteiger partial charge in [-0.25, -0.2) is 8.42 Å². The van der Waals surface area contributed by atoms with Crippen molar-refractivity contribution in [2.24, 2.45) is 0 Å². The molecule has 0 saturated heterocycles. The van der Waals surface area contributed by atoms with Crippen LogP contribution in [0.2, 0.25) is 5.02 Å². The third-order valence-electron chi connectivity index (χ3n) is 3.06. The molecule has 0 spiro atoms. The molecule has 6 nitrogen and oxygen atoms in total. The third kappa shape index (κ3) is 4.16. The van der Waals surface area contributed by atoms with E-state index in [2.05, 4.69) is 5.32 Å². The second-order valence-corrected chi connectivity index (χ2v) is 6.84. The van der Waals surface area contributed by atoms with Crippen molar-refractivity contribution >= 4 is 27.5 Å². The van der Waals surface area contributed by atoms with Crippen LogP contribution in [0.15, 0.2) is 23.1 Å². The molecular formula is C13H19ClN2O4S. The summed E-state index contributed by atoms with van der Waals surface area (Å²) in [5.74, 6) is -0.350. The Labute approximate surface area is 130 Å². The fourth-order valence-corrected chi connectivity index (χ4v) is 2.96. The van der Waals surface area contributed by atoms with Crippen LogP contribution in [-0.2, 0) is 14.9 Å². The first-order valence-electron chi connectivity index (χ1n) is 6.37. The van der Waals surface area contributed by atoms with Gasteiger partial charge in [-0.2, -0.15) is 0 Å². The smallest absolute Gasteiger partial charge is 0.266 e. The van der Waals surface area contributed by atoms with Crippen molar-refractivity contribution in [3.8, 4) is 0 Å². The van der Waals surface area contributed by atoms with Gasteiger partial charge >= 0.3 is 0 Å². The molecule has 118 valence electrons. The molecule has 0 saturated carbocycles. The molecular weight excluding hydrogens is 316 g/mol. The van der Waals surface area contributed by atoms with E-state index in [1.807, 2.05) is 13.8 Å². The standard InChI is InChI=1S/C13H19ClN2O4S/c1-5-9(2)15-13(17)10-6-7-11(14)12(8-10)21(18,19)16(3)20-4/h6-9H,5H2,1-4H3,(H,15,17).